The van der Waals surface area contributed by atoms with Gasteiger partial charge in [0.15, 0.2) is 0 Å². The Morgan fingerprint density at radius 3 is 1.42 bits per heavy atom. The summed E-state index contributed by atoms with van der Waals surface area (Å²) in [5, 5.41) is 12.8. The zero-order valence-corrected chi connectivity index (χ0v) is 29.8. The molecule has 0 heteroatoms. The van der Waals surface area contributed by atoms with E-state index in [-0.39, 0.29) is 5.41 Å². The highest BCUT2D eigenvalue weighted by atomic mass is 14.4. The second kappa shape index (κ2) is 11.2. The van der Waals surface area contributed by atoms with Crippen LogP contribution in [0.5, 0.6) is 0 Å². The van der Waals surface area contributed by atoms with Crippen molar-refractivity contribution < 1.29 is 0 Å². The van der Waals surface area contributed by atoms with Crippen molar-refractivity contribution in [2.24, 2.45) is 0 Å². The van der Waals surface area contributed by atoms with E-state index >= 15 is 0 Å². The number of hydrogen-bond acceptors (Lipinski definition) is 0. The SMILES string of the molecule is CC1(C)c2cc(-c3ccc4c(-c5ccc6ccccc6c5)c5ccccc5c(-c5ccc6ccccc6c5)c4c3)ccc2-c2ccc3ccccc3c21. The van der Waals surface area contributed by atoms with Crippen LogP contribution in [0.25, 0.3) is 98.4 Å². The Bertz CT molecular complexity index is 3140. The van der Waals surface area contributed by atoms with Crippen LogP contribution in [-0.2, 0) is 5.41 Å². The van der Waals surface area contributed by atoms with E-state index in [4.69, 9.17) is 0 Å². The van der Waals surface area contributed by atoms with Gasteiger partial charge in [0.25, 0.3) is 0 Å². The summed E-state index contributed by atoms with van der Waals surface area (Å²) in [6, 6.07) is 68.1. The minimum absolute atomic E-state index is 0.117. The van der Waals surface area contributed by atoms with Crippen molar-refractivity contribution in [3.05, 3.63) is 193 Å². The van der Waals surface area contributed by atoms with E-state index in [1.165, 1.54) is 109 Å². The Hall–Kier alpha value is -6.50. The molecule has 1 aliphatic carbocycles. The standard InChI is InChI=1S/C53H36/c1-53(2)49-32-39(24-26-43(49)47-28-23-35-13-7-8-16-42(35)52(47)53)38-25-27-46-48(31-38)51(41-22-20-34-12-4-6-15-37(34)30-41)45-18-10-9-17-44(45)50(46)40-21-19-33-11-3-5-14-36(33)29-40/h3-32H,1-2H3. The van der Waals surface area contributed by atoms with Crippen LogP contribution in [0.3, 0.4) is 0 Å². The zero-order valence-electron chi connectivity index (χ0n) is 29.8. The predicted molar refractivity (Wildman–Crippen MR) is 228 cm³/mol. The second-order valence-corrected chi connectivity index (χ2v) is 15.3. The normalized spacial score (nSPS) is 13.2. The van der Waals surface area contributed by atoms with Gasteiger partial charge in [0.1, 0.15) is 0 Å². The lowest BCUT2D eigenvalue weighted by atomic mass is 9.79. The van der Waals surface area contributed by atoms with Crippen molar-refractivity contribution in [1.29, 1.82) is 0 Å². The van der Waals surface area contributed by atoms with Gasteiger partial charge < -0.3 is 0 Å². The summed E-state index contributed by atoms with van der Waals surface area (Å²) in [5.74, 6) is 0. The van der Waals surface area contributed by atoms with E-state index in [0.29, 0.717) is 0 Å². The largest absolute Gasteiger partial charge is 0.0616 e. The molecular formula is C53H36. The van der Waals surface area contributed by atoms with Crippen molar-refractivity contribution in [2.45, 2.75) is 19.3 Å². The van der Waals surface area contributed by atoms with Crippen LogP contribution in [0.15, 0.2) is 182 Å². The summed E-state index contributed by atoms with van der Waals surface area (Å²) in [7, 11) is 0. The highest BCUT2D eigenvalue weighted by Crippen LogP contribution is 2.53. The van der Waals surface area contributed by atoms with Gasteiger partial charge in [-0.1, -0.05) is 172 Å². The summed E-state index contributed by atoms with van der Waals surface area (Å²) >= 11 is 0. The Morgan fingerprint density at radius 2 is 0.755 bits per heavy atom. The first-order valence-corrected chi connectivity index (χ1v) is 18.7. The molecule has 11 rings (SSSR count). The summed E-state index contributed by atoms with van der Waals surface area (Å²) in [5.41, 5.74) is 13.0. The molecule has 0 aromatic heterocycles. The molecule has 0 spiro atoms. The molecule has 0 saturated carbocycles. The second-order valence-electron chi connectivity index (χ2n) is 15.3. The van der Waals surface area contributed by atoms with Gasteiger partial charge in [-0.05, 0) is 134 Å². The van der Waals surface area contributed by atoms with Crippen molar-refractivity contribution in [3.8, 4) is 44.5 Å². The fourth-order valence-corrected chi connectivity index (χ4v) is 9.45. The van der Waals surface area contributed by atoms with Crippen LogP contribution in [0.2, 0.25) is 0 Å². The van der Waals surface area contributed by atoms with E-state index in [9.17, 15) is 0 Å². The maximum absolute atomic E-state index is 2.46. The van der Waals surface area contributed by atoms with E-state index in [1.807, 2.05) is 0 Å². The van der Waals surface area contributed by atoms with Crippen molar-refractivity contribution in [3.63, 3.8) is 0 Å². The Kier molecular flexibility index (Phi) is 6.40. The fraction of sp³-hybridized carbons (Fsp3) is 0.0566. The molecule has 0 atom stereocenters. The highest BCUT2D eigenvalue weighted by Gasteiger charge is 2.37. The number of hydrogen-bond donors (Lipinski definition) is 0. The Balaban J connectivity index is 1.18. The van der Waals surface area contributed by atoms with E-state index in [1.54, 1.807) is 0 Å². The summed E-state index contributed by atoms with van der Waals surface area (Å²) in [4.78, 5) is 0. The van der Waals surface area contributed by atoms with Gasteiger partial charge in [-0.2, -0.15) is 0 Å². The lowest BCUT2D eigenvalue weighted by Gasteiger charge is -2.24. The molecule has 0 bridgehead atoms. The molecule has 0 amide bonds. The van der Waals surface area contributed by atoms with E-state index < -0.39 is 0 Å². The van der Waals surface area contributed by atoms with Gasteiger partial charge in [-0.15, -0.1) is 0 Å². The van der Waals surface area contributed by atoms with E-state index in [0.717, 1.165) is 0 Å². The third-order valence-electron chi connectivity index (χ3n) is 12.0. The molecule has 0 radical (unpaired) electrons. The first kappa shape index (κ1) is 30.2. The topological polar surface area (TPSA) is 0 Å². The quantitative estimate of drug-likeness (QED) is 0.164. The molecule has 10 aromatic rings. The van der Waals surface area contributed by atoms with Crippen molar-refractivity contribution >= 4 is 53.9 Å². The maximum Gasteiger partial charge on any atom is 0.0165 e. The smallest absolute Gasteiger partial charge is 0.0165 e. The minimum atomic E-state index is -0.117. The minimum Gasteiger partial charge on any atom is -0.0616 e. The van der Waals surface area contributed by atoms with Gasteiger partial charge in [-0.25, -0.2) is 0 Å². The fourth-order valence-electron chi connectivity index (χ4n) is 9.45. The van der Waals surface area contributed by atoms with Gasteiger partial charge in [-0.3, -0.25) is 0 Å². The van der Waals surface area contributed by atoms with Gasteiger partial charge in [0.2, 0.25) is 0 Å². The summed E-state index contributed by atoms with van der Waals surface area (Å²) in [6.45, 7) is 4.79. The highest BCUT2D eigenvalue weighted by molar-refractivity contribution is 6.22. The predicted octanol–water partition coefficient (Wildman–Crippen LogP) is 14.8. The zero-order chi connectivity index (χ0) is 35.3. The van der Waals surface area contributed by atoms with Gasteiger partial charge in [0, 0.05) is 5.41 Å². The molecule has 10 aromatic carbocycles. The lowest BCUT2D eigenvalue weighted by molar-refractivity contribution is 0.666. The molecule has 248 valence electrons. The average Bonchev–Trinajstić information content (AvgIpc) is 3.44. The number of rotatable bonds is 3. The lowest BCUT2D eigenvalue weighted by Crippen LogP contribution is -2.15. The summed E-state index contributed by atoms with van der Waals surface area (Å²) in [6.07, 6.45) is 0. The summed E-state index contributed by atoms with van der Waals surface area (Å²) < 4.78 is 0. The number of fused-ring (bicyclic) bond motifs is 9. The molecular weight excluding hydrogens is 637 g/mol. The first-order chi connectivity index (χ1) is 26.0. The molecule has 0 N–H and O–H groups in total. The molecule has 0 fully saturated rings. The van der Waals surface area contributed by atoms with Gasteiger partial charge in [0.05, 0.1) is 0 Å². The molecule has 0 heterocycles. The van der Waals surface area contributed by atoms with Crippen LogP contribution in [0.1, 0.15) is 25.0 Å². The third-order valence-corrected chi connectivity index (χ3v) is 12.0. The molecule has 0 saturated heterocycles. The molecule has 53 heavy (non-hydrogen) atoms. The Labute approximate surface area is 309 Å². The van der Waals surface area contributed by atoms with Crippen LogP contribution < -0.4 is 0 Å². The maximum atomic E-state index is 2.46. The van der Waals surface area contributed by atoms with Gasteiger partial charge >= 0.3 is 0 Å². The first-order valence-electron chi connectivity index (χ1n) is 18.7. The number of benzene rings is 10. The van der Waals surface area contributed by atoms with E-state index in [2.05, 4.69) is 196 Å². The Morgan fingerprint density at radius 1 is 0.302 bits per heavy atom. The molecule has 0 nitrogen and oxygen atoms in total. The van der Waals surface area contributed by atoms with Crippen molar-refractivity contribution in [2.75, 3.05) is 0 Å². The van der Waals surface area contributed by atoms with Crippen molar-refractivity contribution in [1.82, 2.24) is 0 Å². The molecule has 1 aliphatic rings. The van der Waals surface area contributed by atoms with Crippen LogP contribution in [0, 0.1) is 0 Å². The van der Waals surface area contributed by atoms with Crippen LogP contribution in [-0.4, -0.2) is 0 Å². The molecule has 0 aliphatic heterocycles. The van der Waals surface area contributed by atoms with Crippen LogP contribution >= 0.6 is 0 Å². The average molecular weight is 673 g/mol. The third kappa shape index (κ3) is 4.49. The van der Waals surface area contributed by atoms with Crippen LogP contribution in [0.4, 0.5) is 0 Å². The monoisotopic (exact) mass is 672 g/mol. The molecule has 0 unspecified atom stereocenters.